The van der Waals surface area contributed by atoms with Gasteiger partial charge >= 0.3 is 5.97 Å². The molecule has 23 heavy (non-hydrogen) atoms. The third kappa shape index (κ3) is 4.11. The van der Waals surface area contributed by atoms with Crippen LogP contribution < -0.4 is 4.72 Å². The van der Waals surface area contributed by atoms with Gasteiger partial charge in [-0.3, -0.25) is 9.59 Å². The highest BCUT2D eigenvalue weighted by Crippen LogP contribution is 2.24. The summed E-state index contributed by atoms with van der Waals surface area (Å²) in [5.74, 6) is -1.23. The second kappa shape index (κ2) is 7.14. The van der Waals surface area contributed by atoms with E-state index in [1.165, 1.54) is 13.1 Å². The zero-order valence-electron chi connectivity index (χ0n) is 12.8. The Hall–Kier alpha value is -1.87. The number of aliphatic carboxylic acids is 1. The van der Waals surface area contributed by atoms with Gasteiger partial charge in [-0.05, 0) is 32.7 Å². The number of carboxylic acid groups (broad SMARTS) is 1. The highest BCUT2D eigenvalue weighted by molar-refractivity contribution is 7.89. The van der Waals surface area contributed by atoms with E-state index in [2.05, 4.69) is 4.72 Å². The number of carbonyl (C=O) groups is 2. The van der Waals surface area contributed by atoms with Crippen molar-refractivity contribution in [1.82, 2.24) is 9.62 Å². The molecule has 2 heterocycles. The zero-order chi connectivity index (χ0) is 17.0. The van der Waals surface area contributed by atoms with Gasteiger partial charge in [0.25, 0.3) is 15.9 Å². The molecule has 1 aromatic heterocycles. The van der Waals surface area contributed by atoms with E-state index < -0.39 is 16.0 Å². The molecule has 8 nitrogen and oxygen atoms in total. The van der Waals surface area contributed by atoms with Crippen LogP contribution in [0.15, 0.2) is 21.8 Å². The molecule has 2 N–H and O–H groups in total. The zero-order valence-corrected chi connectivity index (χ0v) is 13.6. The summed E-state index contributed by atoms with van der Waals surface area (Å²) in [7, 11) is -2.49. The lowest BCUT2D eigenvalue weighted by molar-refractivity contribution is -0.137. The minimum absolute atomic E-state index is 0.000776. The number of nitrogens with one attached hydrogen (secondary N) is 1. The van der Waals surface area contributed by atoms with Crippen LogP contribution in [0.3, 0.4) is 0 Å². The first-order valence-corrected chi connectivity index (χ1v) is 8.88. The van der Waals surface area contributed by atoms with Gasteiger partial charge in [0.2, 0.25) is 5.09 Å². The Labute approximate surface area is 134 Å². The Morgan fingerprint density at radius 3 is 2.83 bits per heavy atom. The molecule has 1 amide bonds. The summed E-state index contributed by atoms with van der Waals surface area (Å²) in [6.45, 7) is 0.530. The van der Waals surface area contributed by atoms with Crippen molar-refractivity contribution in [1.29, 1.82) is 0 Å². The molecule has 0 bridgehead atoms. The van der Waals surface area contributed by atoms with Crippen molar-refractivity contribution in [2.45, 2.75) is 43.2 Å². The summed E-state index contributed by atoms with van der Waals surface area (Å²) >= 11 is 0. The van der Waals surface area contributed by atoms with Gasteiger partial charge in [-0.25, -0.2) is 13.1 Å². The molecule has 0 aliphatic carbocycles. The van der Waals surface area contributed by atoms with Crippen molar-refractivity contribution in [2.24, 2.45) is 0 Å². The number of likely N-dealkylation sites (tertiary alicyclic amines) is 1. The third-order valence-electron chi connectivity index (χ3n) is 3.94. The normalized spacial score (nSPS) is 18.8. The molecular formula is C14H20N2O6S. The number of piperidine rings is 1. The minimum atomic E-state index is -3.74. The number of sulfonamides is 1. The molecule has 1 aromatic rings. The van der Waals surface area contributed by atoms with Gasteiger partial charge in [0.1, 0.15) is 6.26 Å². The van der Waals surface area contributed by atoms with Crippen LogP contribution in [0.25, 0.3) is 0 Å². The van der Waals surface area contributed by atoms with Crippen molar-refractivity contribution < 1.29 is 27.5 Å². The predicted molar refractivity (Wildman–Crippen MR) is 80.5 cm³/mol. The summed E-state index contributed by atoms with van der Waals surface area (Å²) in [6.07, 6.45) is 4.04. The van der Waals surface area contributed by atoms with Crippen LogP contribution >= 0.6 is 0 Å². The Kier molecular flexibility index (Phi) is 5.42. The number of rotatable bonds is 6. The molecule has 0 spiro atoms. The van der Waals surface area contributed by atoms with Crippen LogP contribution in [0.5, 0.6) is 0 Å². The topological polar surface area (TPSA) is 117 Å². The number of hydrogen-bond donors (Lipinski definition) is 2. The van der Waals surface area contributed by atoms with Crippen LogP contribution in [-0.2, 0) is 14.8 Å². The van der Waals surface area contributed by atoms with E-state index in [-0.39, 0.29) is 29.0 Å². The number of amides is 1. The van der Waals surface area contributed by atoms with Gasteiger partial charge < -0.3 is 14.4 Å². The van der Waals surface area contributed by atoms with E-state index in [0.29, 0.717) is 13.0 Å². The first-order chi connectivity index (χ1) is 10.8. The summed E-state index contributed by atoms with van der Waals surface area (Å²) in [5, 5.41) is 8.50. The summed E-state index contributed by atoms with van der Waals surface area (Å²) in [5.41, 5.74) is 0.154. The lowest BCUT2D eigenvalue weighted by Gasteiger charge is -2.35. The van der Waals surface area contributed by atoms with Gasteiger partial charge in [-0.2, -0.15) is 0 Å². The van der Waals surface area contributed by atoms with Gasteiger partial charge in [0.15, 0.2) is 0 Å². The monoisotopic (exact) mass is 344 g/mol. The molecule has 9 heteroatoms. The van der Waals surface area contributed by atoms with Crippen LogP contribution in [0.1, 0.15) is 42.5 Å². The van der Waals surface area contributed by atoms with Crippen LogP contribution in [0, 0.1) is 0 Å². The first kappa shape index (κ1) is 17.5. The number of hydrogen-bond acceptors (Lipinski definition) is 5. The fraction of sp³-hybridized carbons (Fsp3) is 0.571. The second-order valence-corrected chi connectivity index (χ2v) is 7.26. The standard InChI is InChI=1S/C14H20N2O6S/c1-15-23(20,21)13-8-10(9-22-13)14(19)16-7-3-2-4-11(16)5-6-12(17)18/h8-9,11,15H,2-7H2,1H3,(H,17,18). The number of carboxylic acids is 1. The molecule has 1 unspecified atom stereocenters. The number of furan rings is 1. The van der Waals surface area contributed by atoms with Crippen LogP contribution in [0.4, 0.5) is 0 Å². The van der Waals surface area contributed by atoms with Crippen LogP contribution in [-0.4, -0.2) is 49.9 Å². The maximum absolute atomic E-state index is 12.6. The van der Waals surface area contributed by atoms with E-state index in [9.17, 15) is 18.0 Å². The molecular weight excluding hydrogens is 324 g/mol. The average molecular weight is 344 g/mol. The largest absolute Gasteiger partial charge is 0.481 e. The fourth-order valence-corrected chi connectivity index (χ4v) is 3.35. The summed E-state index contributed by atoms with van der Waals surface area (Å²) in [6, 6.07) is 1.04. The van der Waals surface area contributed by atoms with E-state index >= 15 is 0 Å². The van der Waals surface area contributed by atoms with Gasteiger partial charge in [0, 0.05) is 25.1 Å². The van der Waals surface area contributed by atoms with Crippen LogP contribution in [0.2, 0.25) is 0 Å². The van der Waals surface area contributed by atoms with Gasteiger partial charge in [0.05, 0.1) is 5.56 Å². The quantitative estimate of drug-likeness (QED) is 0.796. The summed E-state index contributed by atoms with van der Waals surface area (Å²) in [4.78, 5) is 24.9. The van der Waals surface area contributed by atoms with Crippen molar-refractivity contribution >= 4 is 21.9 Å². The third-order valence-corrected chi connectivity index (χ3v) is 5.22. The lowest BCUT2D eigenvalue weighted by atomic mass is 9.97. The van der Waals surface area contributed by atoms with E-state index in [4.69, 9.17) is 9.52 Å². The first-order valence-electron chi connectivity index (χ1n) is 7.40. The second-order valence-electron chi connectivity index (χ2n) is 5.44. The van der Waals surface area contributed by atoms with Gasteiger partial charge in [-0.1, -0.05) is 0 Å². The van der Waals surface area contributed by atoms with Gasteiger partial charge in [-0.15, -0.1) is 0 Å². The fourth-order valence-electron chi connectivity index (χ4n) is 2.69. The molecule has 2 rings (SSSR count). The molecule has 1 fully saturated rings. The smallest absolute Gasteiger partial charge is 0.303 e. The molecule has 128 valence electrons. The average Bonchev–Trinajstić information content (AvgIpc) is 3.03. The van der Waals surface area contributed by atoms with Crippen molar-refractivity contribution in [2.75, 3.05) is 13.6 Å². The lowest BCUT2D eigenvalue weighted by Crippen LogP contribution is -2.43. The minimum Gasteiger partial charge on any atom is -0.481 e. The van der Waals surface area contributed by atoms with E-state index in [1.54, 1.807) is 4.90 Å². The number of carbonyl (C=O) groups excluding carboxylic acids is 1. The number of nitrogens with zero attached hydrogens (tertiary/aromatic N) is 1. The molecule has 1 aliphatic rings. The maximum atomic E-state index is 12.6. The predicted octanol–water partition coefficient (Wildman–Crippen LogP) is 1.05. The molecule has 0 saturated carbocycles. The molecule has 1 aliphatic heterocycles. The molecule has 1 atom stereocenters. The Bertz CT molecular complexity index is 681. The Morgan fingerprint density at radius 2 is 2.17 bits per heavy atom. The maximum Gasteiger partial charge on any atom is 0.303 e. The van der Waals surface area contributed by atoms with Crippen molar-refractivity contribution in [3.05, 3.63) is 17.9 Å². The van der Waals surface area contributed by atoms with Crippen molar-refractivity contribution in [3.8, 4) is 0 Å². The Morgan fingerprint density at radius 1 is 1.43 bits per heavy atom. The molecule has 0 radical (unpaired) electrons. The molecule has 1 saturated heterocycles. The van der Waals surface area contributed by atoms with E-state index in [0.717, 1.165) is 25.5 Å². The SMILES string of the molecule is CNS(=O)(=O)c1cc(C(=O)N2CCCCC2CCC(=O)O)co1. The molecule has 0 aromatic carbocycles. The Balaban J connectivity index is 2.15. The highest BCUT2D eigenvalue weighted by Gasteiger charge is 2.29. The summed E-state index contributed by atoms with van der Waals surface area (Å²) < 4.78 is 30.4. The highest BCUT2D eigenvalue weighted by atomic mass is 32.2. The van der Waals surface area contributed by atoms with E-state index in [1.807, 2.05) is 0 Å². The van der Waals surface area contributed by atoms with Crippen molar-refractivity contribution in [3.63, 3.8) is 0 Å².